The molecule has 27 heavy (non-hydrogen) atoms. The van der Waals surface area contributed by atoms with E-state index in [0.717, 1.165) is 17.5 Å². The summed E-state index contributed by atoms with van der Waals surface area (Å²) in [5.41, 5.74) is 1.95. The Labute approximate surface area is 160 Å². The van der Waals surface area contributed by atoms with Crippen LogP contribution < -0.4 is 5.32 Å². The number of benzene rings is 1. The summed E-state index contributed by atoms with van der Waals surface area (Å²) < 4.78 is 6.77. The predicted octanol–water partition coefficient (Wildman–Crippen LogP) is 2.61. The Bertz CT molecular complexity index is 880. The molecule has 1 amide bonds. The lowest BCUT2D eigenvalue weighted by Gasteiger charge is -2.13. The third kappa shape index (κ3) is 5.07. The van der Waals surface area contributed by atoms with Gasteiger partial charge in [-0.3, -0.25) is 24.4 Å². The number of amides is 1. The summed E-state index contributed by atoms with van der Waals surface area (Å²) in [5, 5.41) is 17.9. The topological polar surface area (TPSA) is 116 Å². The van der Waals surface area contributed by atoms with Crippen LogP contribution in [-0.4, -0.2) is 38.4 Å². The Morgan fingerprint density at radius 2 is 2.04 bits per heavy atom. The lowest BCUT2D eigenvalue weighted by Crippen LogP contribution is -2.30. The van der Waals surface area contributed by atoms with Crippen LogP contribution in [0.4, 0.5) is 11.4 Å². The zero-order valence-electron chi connectivity index (χ0n) is 15.4. The van der Waals surface area contributed by atoms with E-state index >= 15 is 0 Å². The van der Waals surface area contributed by atoms with E-state index in [1.165, 1.54) is 13.0 Å². The van der Waals surface area contributed by atoms with Gasteiger partial charge in [0.25, 0.3) is 11.6 Å². The van der Waals surface area contributed by atoms with Crippen LogP contribution in [0, 0.1) is 24.0 Å². The molecular formula is C17H20N4O5S. The second-order valence-electron chi connectivity index (χ2n) is 5.80. The SMILES string of the molecule is Cc1nn(C)c(C)c1NC(=O)[C@@H](C)OC(=O)CSc1ccccc1[N+](=O)[O-]. The summed E-state index contributed by atoms with van der Waals surface area (Å²) in [6.45, 7) is 5.04. The minimum atomic E-state index is -1.01. The summed E-state index contributed by atoms with van der Waals surface area (Å²) >= 11 is 0.988. The maximum atomic E-state index is 12.3. The summed E-state index contributed by atoms with van der Waals surface area (Å²) in [6.07, 6.45) is -1.01. The molecule has 144 valence electrons. The van der Waals surface area contributed by atoms with Gasteiger partial charge in [0.2, 0.25) is 0 Å². The molecule has 1 atom stereocenters. The molecule has 0 saturated heterocycles. The summed E-state index contributed by atoms with van der Waals surface area (Å²) in [4.78, 5) is 35.1. The van der Waals surface area contributed by atoms with Crippen molar-refractivity contribution in [3.8, 4) is 0 Å². The van der Waals surface area contributed by atoms with E-state index in [2.05, 4.69) is 10.4 Å². The van der Waals surface area contributed by atoms with E-state index in [0.29, 0.717) is 16.3 Å². The van der Waals surface area contributed by atoms with Crippen molar-refractivity contribution in [3.63, 3.8) is 0 Å². The molecule has 1 aromatic carbocycles. The molecular weight excluding hydrogens is 372 g/mol. The molecule has 0 spiro atoms. The van der Waals surface area contributed by atoms with E-state index in [-0.39, 0.29) is 11.4 Å². The molecule has 1 heterocycles. The number of carbonyl (C=O) groups excluding carboxylic acids is 2. The molecule has 0 bridgehead atoms. The van der Waals surface area contributed by atoms with Crippen molar-refractivity contribution in [1.82, 2.24) is 9.78 Å². The van der Waals surface area contributed by atoms with Gasteiger partial charge in [-0.05, 0) is 26.8 Å². The van der Waals surface area contributed by atoms with Gasteiger partial charge in [0.1, 0.15) is 0 Å². The van der Waals surface area contributed by atoms with Gasteiger partial charge < -0.3 is 10.1 Å². The number of carbonyl (C=O) groups is 2. The molecule has 1 N–H and O–H groups in total. The number of hydrogen-bond donors (Lipinski definition) is 1. The van der Waals surface area contributed by atoms with Crippen LogP contribution in [0.2, 0.25) is 0 Å². The van der Waals surface area contributed by atoms with Gasteiger partial charge in [-0.15, -0.1) is 11.8 Å². The number of aryl methyl sites for hydroxylation is 2. The van der Waals surface area contributed by atoms with Crippen molar-refractivity contribution in [1.29, 1.82) is 0 Å². The van der Waals surface area contributed by atoms with Gasteiger partial charge in [0.15, 0.2) is 6.10 Å². The number of thioether (sulfide) groups is 1. The number of nitrogens with zero attached hydrogens (tertiary/aromatic N) is 3. The van der Waals surface area contributed by atoms with Crippen LogP contribution in [0.15, 0.2) is 29.2 Å². The maximum absolute atomic E-state index is 12.3. The Hall–Kier alpha value is -2.88. The lowest BCUT2D eigenvalue weighted by atomic mass is 10.3. The first-order valence-electron chi connectivity index (χ1n) is 8.07. The van der Waals surface area contributed by atoms with E-state index in [4.69, 9.17) is 4.74 Å². The molecule has 0 aliphatic carbocycles. The van der Waals surface area contributed by atoms with Gasteiger partial charge in [0, 0.05) is 13.1 Å². The van der Waals surface area contributed by atoms with E-state index in [1.807, 2.05) is 6.92 Å². The standard InChI is InChI=1S/C17H20N4O5S/c1-10-16(11(2)20(4)19-10)18-17(23)12(3)26-15(22)9-27-14-8-6-5-7-13(14)21(24)25/h5-8,12H,9H2,1-4H3,(H,18,23)/t12-/m1/s1. The second-order valence-corrected chi connectivity index (χ2v) is 6.82. The first kappa shape index (κ1) is 20.4. The highest BCUT2D eigenvalue weighted by Gasteiger charge is 2.22. The van der Waals surface area contributed by atoms with Gasteiger partial charge in [-0.25, -0.2) is 0 Å². The quantitative estimate of drug-likeness (QED) is 0.333. The number of nitro benzene ring substituents is 1. The largest absolute Gasteiger partial charge is 0.452 e. The smallest absolute Gasteiger partial charge is 0.317 e. The third-order valence-corrected chi connectivity index (χ3v) is 4.88. The second kappa shape index (κ2) is 8.67. The van der Waals surface area contributed by atoms with Gasteiger partial charge in [-0.1, -0.05) is 12.1 Å². The number of aromatic nitrogens is 2. The lowest BCUT2D eigenvalue weighted by molar-refractivity contribution is -0.387. The Balaban J connectivity index is 1.92. The molecule has 1 aromatic heterocycles. The van der Waals surface area contributed by atoms with Crippen LogP contribution in [0.3, 0.4) is 0 Å². The van der Waals surface area contributed by atoms with Crippen LogP contribution in [-0.2, 0) is 21.4 Å². The number of nitro groups is 1. The fraction of sp³-hybridized carbons (Fsp3) is 0.353. The normalized spacial score (nSPS) is 11.7. The van der Waals surface area contributed by atoms with Crippen molar-refractivity contribution >= 4 is 35.0 Å². The number of para-hydroxylation sites is 1. The van der Waals surface area contributed by atoms with Crippen molar-refractivity contribution in [3.05, 3.63) is 45.8 Å². The molecule has 0 fully saturated rings. The van der Waals surface area contributed by atoms with Crippen LogP contribution >= 0.6 is 11.8 Å². The Morgan fingerprint density at radius 3 is 2.63 bits per heavy atom. The average Bonchev–Trinajstić information content (AvgIpc) is 2.86. The summed E-state index contributed by atoms with van der Waals surface area (Å²) in [6, 6.07) is 6.12. The molecule has 0 unspecified atom stereocenters. The Morgan fingerprint density at radius 1 is 1.37 bits per heavy atom. The zero-order chi connectivity index (χ0) is 20.1. The molecule has 0 aliphatic rings. The molecule has 2 aromatic rings. The third-order valence-electron chi connectivity index (χ3n) is 3.84. The fourth-order valence-corrected chi connectivity index (χ4v) is 3.14. The van der Waals surface area contributed by atoms with Gasteiger partial charge >= 0.3 is 5.97 Å². The Kier molecular flexibility index (Phi) is 6.56. The summed E-state index contributed by atoms with van der Waals surface area (Å²) in [5.74, 6) is -1.26. The molecule has 0 radical (unpaired) electrons. The van der Waals surface area contributed by atoms with Crippen LogP contribution in [0.25, 0.3) is 0 Å². The highest BCUT2D eigenvalue weighted by Crippen LogP contribution is 2.28. The molecule has 0 aliphatic heterocycles. The first-order chi connectivity index (χ1) is 12.7. The van der Waals surface area contributed by atoms with Gasteiger partial charge in [-0.2, -0.15) is 5.10 Å². The van der Waals surface area contributed by atoms with Crippen molar-refractivity contribution in [2.45, 2.75) is 31.8 Å². The van der Waals surface area contributed by atoms with Crippen LogP contribution in [0.1, 0.15) is 18.3 Å². The molecule has 9 nitrogen and oxygen atoms in total. The first-order valence-corrected chi connectivity index (χ1v) is 9.06. The zero-order valence-corrected chi connectivity index (χ0v) is 16.2. The minimum absolute atomic E-state index is 0.0800. The summed E-state index contributed by atoms with van der Waals surface area (Å²) in [7, 11) is 1.77. The van der Waals surface area contributed by atoms with Crippen molar-refractivity contribution in [2.75, 3.05) is 11.1 Å². The highest BCUT2D eigenvalue weighted by atomic mass is 32.2. The van der Waals surface area contributed by atoms with E-state index in [9.17, 15) is 19.7 Å². The predicted molar refractivity (Wildman–Crippen MR) is 101 cm³/mol. The van der Waals surface area contributed by atoms with Crippen molar-refractivity contribution in [2.24, 2.45) is 7.05 Å². The number of rotatable bonds is 7. The average molecular weight is 392 g/mol. The van der Waals surface area contributed by atoms with Crippen LogP contribution in [0.5, 0.6) is 0 Å². The van der Waals surface area contributed by atoms with E-state index < -0.39 is 22.9 Å². The molecule has 10 heteroatoms. The monoisotopic (exact) mass is 392 g/mol. The minimum Gasteiger partial charge on any atom is -0.452 e. The molecule has 2 rings (SSSR count). The number of ether oxygens (including phenoxy) is 1. The number of esters is 1. The van der Waals surface area contributed by atoms with Gasteiger partial charge in [0.05, 0.1) is 32.6 Å². The molecule has 0 saturated carbocycles. The maximum Gasteiger partial charge on any atom is 0.317 e. The number of hydrogen-bond acceptors (Lipinski definition) is 7. The highest BCUT2D eigenvalue weighted by molar-refractivity contribution is 8.00. The number of nitrogens with one attached hydrogen (secondary N) is 1. The number of anilines is 1. The fourth-order valence-electron chi connectivity index (χ4n) is 2.33. The van der Waals surface area contributed by atoms with Crippen molar-refractivity contribution < 1.29 is 19.2 Å². The van der Waals surface area contributed by atoms with E-state index in [1.54, 1.807) is 36.9 Å².